The van der Waals surface area contributed by atoms with Gasteiger partial charge in [-0.2, -0.15) is 0 Å². The number of rotatable bonds is 2. The Bertz CT molecular complexity index is 896. The molecule has 3 heteroatoms. The fourth-order valence-electron chi connectivity index (χ4n) is 3.67. The Kier molecular flexibility index (Phi) is 4.14. The maximum atomic E-state index is 12.6. The number of fused-ring (bicyclic) bond motifs is 1. The standard InChI is InChI=1S/C22H22N2O/c1-17-20-10-6-5-7-18(20)11-12-21(17)23-13-15-24(16-14-23)22(25)19-8-3-2-4-9-19/h2-12H,13-16H2,1H3. The van der Waals surface area contributed by atoms with Gasteiger partial charge in [0.15, 0.2) is 0 Å². The normalized spacial score (nSPS) is 14.8. The molecule has 1 saturated heterocycles. The lowest BCUT2D eigenvalue weighted by molar-refractivity contribution is 0.0747. The zero-order valence-electron chi connectivity index (χ0n) is 14.5. The van der Waals surface area contributed by atoms with Crippen LogP contribution >= 0.6 is 0 Å². The first-order valence-electron chi connectivity index (χ1n) is 8.81. The van der Waals surface area contributed by atoms with Gasteiger partial charge in [-0.05, 0) is 41.5 Å². The number of hydrogen-bond donors (Lipinski definition) is 0. The molecule has 3 nitrogen and oxygen atoms in total. The first kappa shape index (κ1) is 15.7. The molecule has 1 amide bonds. The summed E-state index contributed by atoms with van der Waals surface area (Å²) in [4.78, 5) is 17.0. The number of carbonyl (C=O) groups excluding carboxylic acids is 1. The second-order valence-electron chi connectivity index (χ2n) is 6.58. The number of amides is 1. The van der Waals surface area contributed by atoms with Crippen LogP contribution in [0.15, 0.2) is 66.7 Å². The molecule has 25 heavy (non-hydrogen) atoms. The van der Waals surface area contributed by atoms with Gasteiger partial charge in [-0.15, -0.1) is 0 Å². The number of carbonyl (C=O) groups is 1. The molecule has 3 aromatic rings. The van der Waals surface area contributed by atoms with Gasteiger partial charge in [0, 0.05) is 37.4 Å². The van der Waals surface area contributed by atoms with Crippen molar-refractivity contribution in [1.82, 2.24) is 4.90 Å². The molecular weight excluding hydrogens is 308 g/mol. The molecule has 1 heterocycles. The van der Waals surface area contributed by atoms with Gasteiger partial charge in [-0.1, -0.05) is 48.5 Å². The van der Waals surface area contributed by atoms with Crippen LogP contribution in [0.4, 0.5) is 5.69 Å². The Hall–Kier alpha value is -2.81. The molecular formula is C22H22N2O. The summed E-state index contributed by atoms with van der Waals surface area (Å²) in [6.45, 7) is 5.47. The maximum absolute atomic E-state index is 12.6. The van der Waals surface area contributed by atoms with E-state index in [0.717, 1.165) is 31.7 Å². The molecule has 0 radical (unpaired) electrons. The van der Waals surface area contributed by atoms with Crippen LogP contribution in [0.5, 0.6) is 0 Å². The summed E-state index contributed by atoms with van der Waals surface area (Å²) in [6.07, 6.45) is 0. The van der Waals surface area contributed by atoms with Crippen LogP contribution < -0.4 is 4.90 Å². The molecule has 1 aliphatic rings. The second kappa shape index (κ2) is 6.60. The summed E-state index contributed by atoms with van der Waals surface area (Å²) in [5.74, 6) is 0.135. The topological polar surface area (TPSA) is 23.6 Å². The molecule has 0 atom stereocenters. The number of nitrogens with zero attached hydrogens (tertiary/aromatic N) is 2. The van der Waals surface area contributed by atoms with Crippen LogP contribution in [0, 0.1) is 6.92 Å². The van der Waals surface area contributed by atoms with Crippen molar-refractivity contribution in [3.63, 3.8) is 0 Å². The van der Waals surface area contributed by atoms with Crippen LogP contribution in [0.25, 0.3) is 10.8 Å². The number of piperazine rings is 1. The first-order valence-corrected chi connectivity index (χ1v) is 8.81. The van der Waals surface area contributed by atoms with Gasteiger partial charge in [0.25, 0.3) is 5.91 Å². The van der Waals surface area contributed by atoms with E-state index in [1.54, 1.807) is 0 Å². The number of benzene rings is 3. The average Bonchev–Trinajstić information content (AvgIpc) is 2.69. The van der Waals surface area contributed by atoms with Crippen molar-refractivity contribution in [2.75, 3.05) is 31.1 Å². The quantitative estimate of drug-likeness (QED) is 0.706. The Morgan fingerprint density at radius 1 is 0.800 bits per heavy atom. The predicted molar refractivity (Wildman–Crippen MR) is 103 cm³/mol. The third kappa shape index (κ3) is 2.98. The molecule has 4 rings (SSSR count). The fraction of sp³-hybridized carbons (Fsp3) is 0.227. The molecule has 1 fully saturated rings. The van der Waals surface area contributed by atoms with E-state index >= 15 is 0 Å². The minimum Gasteiger partial charge on any atom is -0.368 e. The van der Waals surface area contributed by atoms with Gasteiger partial charge in [-0.3, -0.25) is 4.79 Å². The monoisotopic (exact) mass is 330 g/mol. The second-order valence-corrected chi connectivity index (χ2v) is 6.58. The number of hydrogen-bond acceptors (Lipinski definition) is 2. The molecule has 0 bridgehead atoms. The van der Waals surface area contributed by atoms with Gasteiger partial charge in [0.05, 0.1) is 0 Å². The molecule has 0 saturated carbocycles. The highest BCUT2D eigenvalue weighted by Gasteiger charge is 2.23. The molecule has 1 aliphatic heterocycles. The van der Waals surface area contributed by atoms with E-state index in [9.17, 15) is 4.79 Å². The van der Waals surface area contributed by atoms with Gasteiger partial charge in [0.2, 0.25) is 0 Å². The summed E-state index contributed by atoms with van der Waals surface area (Å²) in [7, 11) is 0. The van der Waals surface area contributed by atoms with E-state index < -0.39 is 0 Å². The Labute approximate surface area is 148 Å². The van der Waals surface area contributed by atoms with E-state index in [4.69, 9.17) is 0 Å². The van der Waals surface area contributed by atoms with Gasteiger partial charge >= 0.3 is 0 Å². The smallest absolute Gasteiger partial charge is 0.253 e. The van der Waals surface area contributed by atoms with Gasteiger partial charge in [-0.25, -0.2) is 0 Å². The highest BCUT2D eigenvalue weighted by atomic mass is 16.2. The lowest BCUT2D eigenvalue weighted by atomic mass is 10.0. The van der Waals surface area contributed by atoms with Crippen LogP contribution in [-0.4, -0.2) is 37.0 Å². The summed E-state index contributed by atoms with van der Waals surface area (Å²) in [5, 5.41) is 2.59. The van der Waals surface area contributed by atoms with E-state index in [-0.39, 0.29) is 5.91 Å². The molecule has 0 unspecified atom stereocenters. The Balaban J connectivity index is 1.51. The van der Waals surface area contributed by atoms with Crippen molar-refractivity contribution >= 4 is 22.4 Å². The minimum absolute atomic E-state index is 0.135. The maximum Gasteiger partial charge on any atom is 0.253 e. The summed E-state index contributed by atoms with van der Waals surface area (Å²) in [5.41, 5.74) is 3.38. The number of aryl methyl sites for hydroxylation is 1. The fourth-order valence-corrected chi connectivity index (χ4v) is 3.67. The van der Waals surface area contributed by atoms with Gasteiger partial charge < -0.3 is 9.80 Å². The summed E-state index contributed by atoms with van der Waals surface area (Å²) >= 11 is 0. The van der Waals surface area contributed by atoms with E-state index in [2.05, 4.69) is 48.2 Å². The van der Waals surface area contributed by atoms with Crippen molar-refractivity contribution in [3.8, 4) is 0 Å². The van der Waals surface area contributed by atoms with Crippen LogP contribution in [-0.2, 0) is 0 Å². The van der Waals surface area contributed by atoms with Crippen LogP contribution in [0.1, 0.15) is 15.9 Å². The third-order valence-electron chi connectivity index (χ3n) is 5.10. The lowest BCUT2D eigenvalue weighted by Gasteiger charge is -2.37. The van der Waals surface area contributed by atoms with Crippen molar-refractivity contribution in [1.29, 1.82) is 0 Å². The lowest BCUT2D eigenvalue weighted by Crippen LogP contribution is -2.49. The zero-order valence-corrected chi connectivity index (χ0v) is 14.5. The Morgan fingerprint density at radius 2 is 1.48 bits per heavy atom. The minimum atomic E-state index is 0.135. The van der Waals surface area contributed by atoms with E-state index in [1.807, 2.05) is 35.2 Å². The summed E-state index contributed by atoms with van der Waals surface area (Å²) in [6, 6.07) is 22.5. The Morgan fingerprint density at radius 3 is 2.24 bits per heavy atom. The number of anilines is 1. The van der Waals surface area contributed by atoms with Crippen molar-refractivity contribution < 1.29 is 4.79 Å². The highest BCUT2D eigenvalue weighted by molar-refractivity contribution is 5.94. The van der Waals surface area contributed by atoms with Crippen LogP contribution in [0.3, 0.4) is 0 Å². The molecule has 0 aliphatic carbocycles. The SMILES string of the molecule is Cc1c(N2CCN(C(=O)c3ccccc3)CC2)ccc2ccccc12. The van der Waals surface area contributed by atoms with Crippen LogP contribution in [0.2, 0.25) is 0 Å². The molecule has 0 N–H and O–H groups in total. The first-order chi connectivity index (χ1) is 12.2. The summed E-state index contributed by atoms with van der Waals surface area (Å²) < 4.78 is 0. The predicted octanol–water partition coefficient (Wildman–Crippen LogP) is 4.11. The largest absolute Gasteiger partial charge is 0.368 e. The van der Waals surface area contributed by atoms with Gasteiger partial charge in [0.1, 0.15) is 0 Å². The zero-order chi connectivity index (χ0) is 17.2. The van der Waals surface area contributed by atoms with E-state index in [0.29, 0.717) is 0 Å². The van der Waals surface area contributed by atoms with Crippen molar-refractivity contribution in [2.24, 2.45) is 0 Å². The molecule has 0 spiro atoms. The highest BCUT2D eigenvalue weighted by Crippen LogP contribution is 2.29. The molecule has 3 aromatic carbocycles. The molecule has 126 valence electrons. The van der Waals surface area contributed by atoms with Crippen molar-refractivity contribution in [2.45, 2.75) is 6.92 Å². The van der Waals surface area contributed by atoms with Crippen molar-refractivity contribution in [3.05, 3.63) is 77.9 Å². The third-order valence-corrected chi connectivity index (χ3v) is 5.10. The molecule has 0 aromatic heterocycles. The average molecular weight is 330 g/mol. The van der Waals surface area contributed by atoms with E-state index in [1.165, 1.54) is 22.0 Å².